The van der Waals surface area contributed by atoms with Crippen LogP contribution in [0.15, 0.2) is 12.1 Å². The SMILES string of the molecule is COc1cc2c(cc1N)CNC2=O. The third kappa shape index (κ3) is 1.11. The van der Waals surface area contributed by atoms with Crippen molar-refractivity contribution < 1.29 is 9.53 Å². The van der Waals surface area contributed by atoms with Crippen molar-refractivity contribution in [2.45, 2.75) is 6.54 Å². The van der Waals surface area contributed by atoms with Crippen molar-refractivity contribution >= 4 is 11.6 Å². The minimum atomic E-state index is -0.0618. The second-order valence-corrected chi connectivity index (χ2v) is 2.93. The first-order valence-corrected chi connectivity index (χ1v) is 3.97. The zero-order valence-corrected chi connectivity index (χ0v) is 7.26. The Morgan fingerprint density at radius 2 is 2.31 bits per heavy atom. The van der Waals surface area contributed by atoms with E-state index in [1.165, 1.54) is 7.11 Å². The molecule has 4 nitrogen and oxygen atoms in total. The summed E-state index contributed by atoms with van der Waals surface area (Å²) in [5.74, 6) is 0.490. The first-order chi connectivity index (χ1) is 6.22. The molecule has 2 rings (SSSR count). The van der Waals surface area contributed by atoms with Crippen LogP contribution < -0.4 is 15.8 Å². The van der Waals surface area contributed by atoms with Gasteiger partial charge in [0, 0.05) is 12.1 Å². The van der Waals surface area contributed by atoms with Gasteiger partial charge < -0.3 is 15.8 Å². The lowest BCUT2D eigenvalue weighted by molar-refractivity contribution is 0.0965. The van der Waals surface area contributed by atoms with Crippen LogP contribution in [0.25, 0.3) is 0 Å². The van der Waals surface area contributed by atoms with E-state index in [9.17, 15) is 4.79 Å². The summed E-state index contributed by atoms with van der Waals surface area (Å²) in [7, 11) is 1.53. The minimum absolute atomic E-state index is 0.0618. The summed E-state index contributed by atoms with van der Waals surface area (Å²) in [6.07, 6.45) is 0. The highest BCUT2D eigenvalue weighted by atomic mass is 16.5. The largest absolute Gasteiger partial charge is 0.495 e. The number of ether oxygens (including phenoxy) is 1. The van der Waals surface area contributed by atoms with E-state index in [2.05, 4.69) is 5.32 Å². The summed E-state index contributed by atoms with van der Waals surface area (Å²) in [4.78, 5) is 11.2. The maximum absolute atomic E-state index is 11.2. The van der Waals surface area contributed by atoms with Crippen LogP contribution in [-0.2, 0) is 6.54 Å². The van der Waals surface area contributed by atoms with Crippen LogP contribution in [0, 0.1) is 0 Å². The summed E-state index contributed by atoms with van der Waals surface area (Å²) in [6, 6.07) is 3.44. The van der Waals surface area contributed by atoms with Gasteiger partial charge in [0.1, 0.15) is 5.75 Å². The first kappa shape index (κ1) is 7.91. The van der Waals surface area contributed by atoms with Crippen LogP contribution in [-0.4, -0.2) is 13.0 Å². The molecule has 3 N–H and O–H groups in total. The molecule has 13 heavy (non-hydrogen) atoms. The van der Waals surface area contributed by atoms with E-state index in [0.717, 1.165) is 5.56 Å². The lowest BCUT2D eigenvalue weighted by Crippen LogP contribution is -2.12. The number of hydrogen-bond donors (Lipinski definition) is 2. The fraction of sp³-hybridized carbons (Fsp3) is 0.222. The van der Waals surface area contributed by atoms with Crippen molar-refractivity contribution in [3.8, 4) is 5.75 Å². The fourth-order valence-electron chi connectivity index (χ4n) is 1.45. The second-order valence-electron chi connectivity index (χ2n) is 2.93. The highest BCUT2D eigenvalue weighted by Gasteiger charge is 2.20. The molecule has 1 amide bonds. The molecule has 1 aliphatic rings. The molecule has 0 spiro atoms. The summed E-state index contributed by atoms with van der Waals surface area (Å²) < 4.78 is 5.01. The molecule has 68 valence electrons. The highest BCUT2D eigenvalue weighted by molar-refractivity contribution is 5.99. The number of rotatable bonds is 1. The van der Waals surface area contributed by atoms with Crippen LogP contribution in [0.3, 0.4) is 0 Å². The van der Waals surface area contributed by atoms with Gasteiger partial charge in [-0.25, -0.2) is 0 Å². The van der Waals surface area contributed by atoms with Crippen LogP contribution in [0.4, 0.5) is 5.69 Å². The summed E-state index contributed by atoms with van der Waals surface area (Å²) in [5, 5.41) is 2.71. The van der Waals surface area contributed by atoms with E-state index in [0.29, 0.717) is 23.5 Å². The van der Waals surface area contributed by atoms with Gasteiger partial charge in [-0.05, 0) is 17.7 Å². The van der Waals surface area contributed by atoms with E-state index in [-0.39, 0.29) is 5.91 Å². The van der Waals surface area contributed by atoms with Crippen LogP contribution in [0.1, 0.15) is 15.9 Å². The zero-order chi connectivity index (χ0) is 9.42. The van der Waals surface area contributed by atoms with Gasteiger partial charge in [0.2, 0.25) is 0 Å². The lowest BCUT2D eigenvalue weighted by Gasteiger charge is -2.05. The van der Waals surface area contributed by atoms with Crippen molar-refractivity contribution in [3.63, 3.8) is 0 Å². The van der Waals surface area contributed by atoms with Gasteiger partial charge in [0.25, 0.3) is 5.91 Å². The van der Waals surface area contributed by atoms with E-state index >= 15 is 0 Å². The van der Waals surface area contributed by atoms with Gasteiger partial charge in [-0.1, -0.05) is 0 Å². The Morgan fingerprint density at radius 1 is 1.54 bits per heavy atom. The fourth-order valence-corrected chi connectivity index (χ4v) is 1.45. The third-order valence-corrected chi connectivity index (χ3v) is 2.14. The van der Waals surface area contributed by atoms with E-state index < -0.39 is 0 Å². The normalized spacial score (nSPS) is 13.8. The van der Waals surface area contributed by atoms with Crippen molar-refractivity contribution in [2.75, 3.05) is 12.8 Å². The zero-order valence-electron chi connectivity index (χ0n) is 7.26. The van der Waals surface area contributed by atoms with E-state index in [1.54, 1.807) is 12.1 Å². The summed E-state index contributed by atoms with van der Waals surface area (Å²) >= 11 is 0. The Bertz CT molecular complexity index is 374. The van der Waals surface area contributed by atoms with Crippen molar-refractivity contribution in [3.05, 3.63) is 23.3 Å². The van der Waals surface area contributed by atoms with Gasteiger partial charge in [-0.15, -0.1) is 0 Å². The number of benzene rings is 1. The Morgan fingerprint density at radius 3 is 3.00 bits per heavy atom. The topological polar surface area (TPSA) is 64.3 Å². The molecule has 0 saturated heterocycles. The number of methoxy groups -OCH3 is 1. The van der Waals surface area contributed by atoms with Crippen LogP contribution in [0.5, 0.6) is 5.75 Å². The average Bonchev–Trinajstić information content (AvgIpc) is 2.46. The Kier molecular flexibility index (Phi) is 1.62. The molecule has 0 saturated carbocycles. The van der Waals surface area contributed by atoms with Gasteiger partial charge in [0.05, 0.1) is 12.8 Å². The number of amides is 1. The number of nitrogens with two attached hydrogens (primary N) is 1. The van der Waals surface area contributed by atoms with Crippen molar-refractivity contribution in [1.82, 2.24) is 5.32 Å². The van der Waals surface area contributed by atoms with Gasteiger partial charge >= 0.3 is 0 Å². The molecule has 4 heteroatoms. The highest BCUT2D eigenvalue weighted by Crippen LogP contribution is 2.27. The lowest BCUT2D eigenvalue weighted by atomic mass is 10.1. The molecule has 1 aliphatic heterocycles. The number of anilines is 1. The summed E-state index contributed by atoms with van der Waals surface area (Å²) in [5.41, 5.74) is 7.84. The number of hydrogen-bond acceptors (Lipinski definition) is 3. The van der Waals surface area contributed by atoms with Crippen LogP contribution in [0.2, 0.25) is 0 Å². The van der Waals surface area contributed by atoms with E-state index in [4.69, 9.17) is 10.5 Å². The van der Waals surface area contributed by atoms with Crippen molar-refractivity contribution in [2.24, 2.45) is 0 Å². The average molecular weight is 178 g/mol. The molecular weight excluding hydrogens is 168 g/mol. The van der Waals surface area contributed by atoms with Crippen molar-refractivity contribution in [1.29, 1.82) is 0 Å². The second kappa shape index (κ2) is 2.65. The molecule has 1 aromatic carbocycles. The molecule has 0 aliphatic carbocycles. The Hall–Kier alpha value is -1.71. The Balaban J connectivity index is 2.57. The predicted octanol–water partition coefficient (Wildman–Crippen LogP) is 0.521. The number of nitrogens with one attached hydrogen (secondary N) is 1. The van der Waals surface area contributed by atoms with E-state index in [1.807, 2.05) is 0 Å². The third-order valence-electron chi connectivity index (χ3n) is 2.14. The molecule has 0 fully saturated rings. The monoisotopic (exact) mass is 178 g/mol. The van der Waals surface area contributed by atoms with Crippen LogP contribution >= 0.6 is 0 Å². The molecule has 0 unspecified atom stereocenters. The van der Waals surface area contributed by atoms with Gasteiger partial charge in [-0.2, -0.15) is 0 Å². The number of nitrogen functional groups attached to an aromatic ring is 1. The molecule has 0 aromatic heterocycles. The van der Waals surface area contributed by atoms with Gasteiger partial charge in [-0.3, -0.25) is 4.79 Å². The van der Waals surface area contributed by atoms with Gasteiger partial charge in [0.15, 0.2) is 0 Å². The number of carbonyl (C=O) groups excluding carboxylic acids is 1. The first-order valence-electron chi connectivity index (χ1n) is 3.97. The number of carbonyl (C=O) groups is 1. The smallest absolute Gasteiger partial charge is 0.252 e. The number of fused-ring (bicyclic) bond motifs is 1. The molecule has 0 radical (unpaired) electrons. The predicted molar refractivity (Wildman–Crippen MR) is 48.6 cm³/mol. The summed E-state index contributed by atoms with van der Waals surface area (Å²) in [6.45, 7) is 0.558. The maximum Gasteiger partial charge on any atom is 0.252 e. The molecular formula is C9H10N2O2. The molecule has 1 heterocycles. The quantitative estimate of drug-likeness (QED) is 0.616. The molecule has 1 aromatic rings. The molecule has 0 bridgehead atoms. The molecule has 0 atom stereocenters. The minimum Gasteiger partial charge on any atom is -0.495 e. The standard InChI is InChI=1S/C9H10N2O2/c1-13-8-3-6-5(2-7(8)10)4-11-9(6)12/h2-3H,4,10H2,1H3,(H,11,12). The Labute approximate surface area is 75.7 Å². The maximum atomic E-state index is 11.2.